The maximum absolute atomic E-state index is 12.7. The molecule has 2 atom stereocenters. The number of carbonyl (C=O) groups excluding carboxylic acids is 3. The van der Waals surface area contributed by atoms with Crippen LogP contribution in [0.25, 0.3) is 0 Å². The lowest BCUT2D eigenvalue weighted by Crippen LogP contribution is -2.30. The highest BCUT2D eigenvalue weighted by atomic mass is 16.6. The molecule has 0 aliphatic heterocycles. The lowest BCUT2D eigenvalue weighted by atomic mass is 10.00. The van der Waals surface area contributed by atoms with Crippen LogP contribution < -0.4 is 0 Å². The molecule has 0 amide bonds. The minimum Gasteiger partial charge on any atom is -0.462 e. The summed E-state index contributed by atoms with van der Waals surface area (Å²) in [4.78, 5) is 37.6. The van der Waals surface area contributed by atoms with E-state index >= 15 is 0 Å². The van der Waals surface area contributed by atoms with Gasteiger partial charge in [0, 0.05) is 19.3 Å². The molecule has 0 rings (SSSR count). The number of rotatable bonds is 39. The molecule has 0 bridgehead atoms. The van der Waals surface area contributed by atoms with Crippen LogP contribution >= 0.6 is 0 Å². The first-order valence-corrected chi connectivity index (χ1v) is 21.9. The maximum Gasteiger partial charge on any atom is 0.306 e. The van der Waals surface area contributed by atoms with Gasteiger partial charge in [0.2, 0.25) is 0 Å². The molecule has 0 spiro atoms. The molecular weight excluding hydrogens is 624 g/mol. The van der Waals surface area contributed by atoms with E-state index in [0.717, 1.165) is 63.7 Å². The van der Waals surface area contributed by atoms with Crippen molar-refractivity contribution in [1.29, 1.82) is 0 Å². The van der Waals surface area contributed by atoms with E-state index in [4.69, 9.17) is 14.2 Å². The molecule has 0 heterocycles. The Balaban J connectivity index is 4.34. The monoisotopic (exact) mass is 709 g/mol. The summed E-state index contributed by atoms with van der Waals surface area (Å²) in [5, 5.41) is 0. The highest BCUT2D eigenvalue weighted by Crippen LogP contribution is 2.16. The van der Waals surface area contributed by atoms with Crippen LogP contribution in [0.15, 0.2) is 0 Å². The van der Waals surface area contributed by atoms with Crippen molar-refractivity contribution < 1.29 is 28.6 Å². The summed E-state index contributed by atoms with van der Waals surface area (Å²) in [6.07, 6.45) is 36.6. The Morgan fingerprint density at radius 3 is 1.04 bits per heavy atom. The van der Waals surface area contributed by atoms with E-state index in [2.05, 4.69) is 27.7 Å². The lowest BCUT2D eigenvalue weighted by Gasteiger charge is -2.18. The Morgan fingerprint density at radius 2 is 0.700 bits per heavy atom. The van der Waals surface area contributed by atoms with Crippen LogP contribution in [0.3, 0.4) is 0 Å². The first-order valence-electron chi connectivity index (χ1n) is 21.9. The van der Waals surface area contributed by atoms with Gasteiger partial charge in [0.1, 0.15) is 13.2 Å². The quantitative estimate of drug-likeness (QED) is 0.0359. The third-order valence-electron chi connectivity index (χ3n) is 10.2. The molecule has 0 saturated heterocycles. The summed E-state index contributed by atoms with van der Waals surface area (Å²) in [6, 6.07) is 0. The minimum atomic E-state index is -0.758. The maximum atomic E-state index is 12.7. The molecule has 0 aliphatic rings. The zero-order valence-electron chi connectivity index (χ0n) is 33.9. The molecule has 0 N–H and O–H groups in total. The fraction of sp³-hybridized carbons (Fsp3) is 0.932. The van der Waals surface area contributed by atoms with E-state index in [9.17, 15) is 14.4 Å². The van der Waals surface area contributed by atoms with Crippen molar-refractivity contribution >= 4 is 17.9 Å². The van der Waals surface area contributed by atoms with Crippen molar-refractivity contribution in [2.75, 3.05) is 13.2 Å². The molecule has 0 aromatic carbocycles. The summed E-state index contributed by atoms with van der Waals surface area (Å²) in [7, 11) is 0. The van der Waals surface area contributed by atoms with Gasteiger partial charge in [-0.2, -0.15) is 0 Å². The van der Waals surface area contributed by atoms with E-state index in [1.807, 2.05) is 0 Å². The number of carbonyl (C=O) groups is 3. The average Bonchev–Trinajstić information content (AvgIpc) is 3.11. The van der Waals surface area contributed by atoms with Gasteiger partial charge in [-0.1, -0.05) is 201 Å². The van der Waals surface area contributed by atoms with Gasteiger partial charge in [0.25, 0.3) is 0 Å². The molecule has 50 heavy (non-hydrogen) atoms. The lowest BCUT2D eigenvalue weighted by molar-refractivity contribution is -0.167. The van der Waals surface area contributed by atoms with Crippen LogP contribution in [0.4, 0.5) is 0 Å². The third kappa shape index (κ3) is 36.2. The summed E-state index contributed by atoms with van der Waals surface area (Å²) in [5.74, 6) is -0.0472. The molecule has 0 saturated carbocycles. The van der Waals surface area contributed by atoms with Crippen LogP contribution in [0.2, 0.25) is 0 Å². The number of hydrogen-bond acceptors (Lipinski definition) is 6. The molecule has 0 aromatic heterocycles. The van der Waals surface area contributed by atoms with Crippen LogP contribution in [-0.4, -0.2) is 37.2 Å². The first kappa shape index (κ1) is 48.4. The summed E-state index contributed by atoms with van der Waals surface area (Å²) >= 11 is 0. The van der Waals surface area contributed by atoms with Gasteiger partial charge in [-0.25, -0.2) is 0 Å². The summed E-state index contributed by atoms with van der Waals surface area (Å²) in [6.45, 7) is 8.94. The van der Waals surface area contributed by atoms with Gasteiger partial charge in [-0.05, 0) is 25.2 Å². The highest BCUT2D eigenvalue weighted by Gasteiger charge is 2.19. The largest absolute Gasteiger partial charge is 0.462 e. The van der Waals surface area contributed by atoms with Crippen molar-refractivity contribution in [2.24, 2.45) is 5.92 Å². The Hall–Kier alpha value is -1.59. The van der Waals surface area contributed by atoms with Gasteiger partial charge < -0.3 is 14.2 Å². The second-order valence-corrected chi connectivity index (χ2v) is 15.2. The zero-order chi connectivity index (χ0) is 36.8. The van der Waals surface area contributed by atoms with Gasteiger partial charge in [0.05, 0.1) is 0 Å². The predicted molar refractivity (Wildman–Crippen MR) is 210 cm³/mol. The number of unbranched alkanes of at least 4 members (excludes halogenated alkanes) is 25. The Labute approximate surface area is 310 Å². The van der Waals surface area contributed by atoms with Gasteiger partial charge in [-0.15, -0.1) is 0 Å². The average molecular weight is 709 g/mol. The molecule has 0 fully saturated rings. The van der Waals surface area contributed by atoms with Crippen LogP contribution in [0.5, 0.6) is 0 Å². The van der Waals surface area contributed by atoms with Crippen molar-refractivity contribution in [3.05, 3.63) is 0 Å². The van der Waals surface area contributed by atoms with E-state index in [1.165, 1.54) is 135 Å². The SMILES string of the molecule is CCCCCCCCCCCCCCCC(=O)O[C@@H](COC(=O)CCCCCCCCCCC)COC(=O)CCCCCCCCC(C)CC. The van der Waals surface area contributed by atoms with Crippen molar-refractivity contribution in [1.82, 2.24) is 0 Å². The van der Waals surface area contributed by atoms with Crippen molar-refractivity contribution in [3.8, 4) is 0 Å². The van der Waals surface area contributed by atoms with E-state index in [-0.39, 0.29) is 31.1 Å². The number of hydrogen-bond donors (Lipinski definition) is 0. The second-order valence-electron chi connectivity index (χ2n) is 15.2. The van der Waals surface area contributed by atoms with E-state index in [0.29, 0.717) is 19.3 Å². The van der Waals surface area contributed by atoms with Gasteiger partial charge in [0.15, 0.2) is 6.10 Å². The molecule has 0 aliphatic carbocycles. The third-order valence-corrected chi connectivity index (χ3v) is 10.2. The van der Waals surface area contributed by atoms with Crippen molar-refractivity contribution in [3.63, 3.8) is 0 Å². The highest BCUT2D eigenvalue weighted by molar-refractivity contribution is 5.71. The normalized spacial score (nSPS) is 12.5. The standard InChI is InChI=1S/C44H84O6/c1-5-8-10-12-14-16-17-18-19-21-23-29-33-37-44(47)50-41(38-48-42(45)35-31-27-22-20-15-13-11-9-6-2)39-49-43(46)36-32-28-25-24-26-30-34-40(4)7-3/h40-41H,5-39H2,1-4H3/t40?,41-/m0/s1. The van der Waals surface area contributed by atoms with E-state index < -0.39 is 6.10 Å². The Kier molecular flexibility index (Phi) is 37.4. The molecule has 1 unspecified atom stereocenters. The molecule has 0 aromatic rings. The fourth-order valence-electron chi connectivity index (χ4n) is 6.42. The smallest absolute Gasteiger partial charge is 0.306 e. The number of esters is 3. The summed E-state index contributed by atoms with van der Waals surface area (Å²) < 4.78 is 16.7. The Bertz CT molecular complexity index is 753. The summed E-state index contributed by atoms with van der Waals surface area (Å²) in [5.41, 5.74) is 0. The molecule has 6 nitrogen and oxygen atoms in total. The van der Waals surface area contributed by atoms with Crippen LogP contribution in [-0.2, 0) is 28.6 Å². The topological polar surface area (TPSA) is 78.9 Å². The first-order chi connectivity index (χ1) is 24.4. The molecule has 0 radical (unpaired) electrons. The fourth-order valence-corrected chi connectivity index (χ4v) is 6.42. The molecule has 6 heteroatoms. The van der Waals surface area contributed by atoms with Crippen molar-refractivity contribution in [2.45, 2.75) is 246 Å². The van der Waals surface area contributed by atoms with Gasteiger partial charge >= 0.3 is 17.9 Å². The molecule has 296 valence electrons. The van der Waals surface area contributed by atoms with E-state index in [1.54, 1.807) is 0 Å². The van der Waals surface area contributed by atoms with Gasteiger partial charge in [-0.3, -0.25) is 14.4 Å². The number of ether oxygens (including phenoxy) is 3. The predicted octanol–water partition coefficient (Wildman–Crippen LogP) is 13.6. The Morgan fingerprint density at radius 1 is 0.400 bits per heavy atom. The van der Waals surface area contributed by atoms with Crippen LogP contribution in [0.1, 0.15) is 240 Å². The molecular formula is C44H84O6. The second kappa shape index (κ2) is 38.6. The van der Waals surface area contributed by atoms with Crippen LogP contribution in [0, 0.1) is 5.92 Å². The minimum absolute atomic E-state index is 0.0649. The zero-order valence-corrected chi connectivity index (χ0v) is 33.9.